The largest absolute Gasteiger partial charge is 0.481 e. The van der Waals surface area contributed by atoms with Gasteiger partial charge in [-0.1, -0.05) is 54.6 Å². The van der Waals surface area contributed by atoms with E-state index in [9.17, 15) is 9.90 Å². The average Bonchev–Trinajstić information content (AvgIpc) is 2.88. The summed E-state index contributed by atoms with van der Waals surface area (Å²) in [4.78, 5) is 19.6. The van der Waals surface area contributed by atoms with E-state index in [0.29, 0.717) is 25.3 Å². The fraction of sp³-hybridized carbons (Fsp3) is 0.357. The maximum absolute atomic E-state index is 13.4. The van der Waals surface area contributed by atoms with Crippen molar-refractivity contribution in [2.45, 2.75) is 44.1 Å². The Morgan fingerprint density at radius 3 is 2.39 bits per heavy atom. The van der Waals surface area contributed by atoms with Crippen molar-refractivity contribution in [3.8, 4) is 17.0 Å². The molecule has 1 aliphatic heterocycles. The molecule has 2 aromatic carbocycles. The summed E-state index contributed by atoms with van der Waals surface area (Å²) in [6, 6.07) is 22.5. The fourth-order valence-corrected chi connectivity index (χ4v) is 4.97. The molecule has 1 aliphatic rings. The third-order valence-electron chi connectivity index (χ3n) is 6.98. The van der Waals surface area contributed by atoms with Gasteiger partial charge in [-0.15, -0.1) is 0 Å². The molecule has 172 valence electrons. The number of methoxy groups -OCH3 is 1. The van der Waals surface area contributed by atoms with Gasteiger partial charge in [0.1, 0.15) is 0 Å². The number of rotatable bonds is 8. The number of carbonyl (C=O) groups is 1. The molecule has 33 heavy (non-hydrogen) atoms. The van der Waals surface area contributed by atoms with Crippen molar-refractivity contribution in [3.63, 3.8) is 0 Å². The van der Waals surface area contributed by atoms with Crippen molar-refractivity contribution in [1.82, 2.24) is 9.88 Å². The van der Waals surface area contributed by atoms with Crippen LogP contribution >= 0.6 is 0 Å². The second kappa shape index (κ2) is 10.2. The molecule has 2 heterocycles. The molecule has 0 aliphatic carbocycles. The lowest BCUT2D eigenvalue weighted by atomic mass is 9.69. The molecule has 4 rings (SSSR count). The number of ether oxygens (including phenoxy) is 1. The van der Waals surface area contributed by atoms with Gasteiger partial charge in [0.25, 0.3) is 0 Å². The Morgan fingerprint density at radius 2 is 1.79 bits per heavy atom. The molecule has 1 amide bonds. The smallest absolute Gasteiger partial charge is 0.223 e. The van der Waals surface area contributed by atoms with Crippen molar-refractivity contribution >= 4 is 5.91 Å². The molecule has 3 aromatic rings. The molecule has 1 saturated heterocycles. The number of aromatic nitrogens is 1. The highest BCUT2D eigenvalue weighted by molar-refractivity contribution is 5.79. The van der Waals surface area contributed by atoms with Gasteiger partial charge in [-0.05, 0) is 48.9 Å². The lowest BCUT2D eigenvalue weighted by Gasteiger charge is -2.44. The molecule has 5 heteroatoms. The van der Waals surface area contributed by atoms with E-state index in [-0.39, 0.29) is 24.0 Å². The number of aliphatic hydroxyl groups excluding tert-OH is 1. The minimum Gasteiger partial charge on any atom is -0.481 e. The first kappa shape index (κ1) is 23.0. The highest BCUT2D eigenvalue weighted by Gasteiger charge is 2.41. The van der Waals surface area contributed by atoms with Crippen LogP contribution in [0.3, 0.4) is 0 Å². The second-order valence-corrected chi connectivity index (χ2v) is 8.87. The van der Waals surface area contributed by atoms with Crippen LogP contribution in [0.5, 0.6) is 5.88 Å². The fourth-order valence-electron chi connectivity index (χ4n) is 4.97. The van der Waals surface area contributed by atoms with E-state index in [1.165, 1.54) is 5.56 Å². The quantitative estimate of drug-likeness (QED) is 0.522. The summed E-state index contributed by atoms with van der Waals surface area (Å²) in [5, 5.41) is 9.44. The molecular formula is C28H32N2O3. The number of pyridine rings is 1. The van der Waals surface area contributed by atoms with E-state index >= 15 is 0 Å². The van der Waals surface area contributed by atoms with E-state index in [4.69, 9.17) is 4.74 Å². The first-order valence-electron chi connectivity index (χ1n) is 11.6. The normalized spacial score (nSPS) is 19.4. The predicted octanol–water partition coefficient (Wildman–Crippen LogP) is 5.15. The van der Waals surface area contributed by atoms with Gasteiger partial charge in [-0.25, -0.2) is 4.98 Å². The molecule has 0 radical (unpaired) electrons. The summed E-state index contributed by atoms with van der Waals surface area (Å²) in [5.41, 5.74) is 4.24. The van der Waals surface area contributed by atoms with Gasteiger partial charge < -0.3 is 14.7 Å². The lowest BCUT2D eigenvalue weighted by molar-refractivity contribution is -0.138. The zero-order valence-corrected chi connectivity index (χ0v) is 19.4. The van der Waals surface area contributed by atoms with Crippen molar-refractivity contribution in [2.75, 3.05) is 20.3 Å². The standard InChI is InChI=1S/C28H32N2O3/c1-21(22-9-11-23(12-10-22)24-13-14-26(33-2)29-20-24)30-17-16-28(15-6-18-31,19-27(30)32)25-7-4-3-5-8-25/h3-5,7-14,20-21,31H,6,15-19H2,1-2H3/t21-,28-/m0/s1. The Morgan fingerprint density at radius 1 is 1.06 bits per heavy atom. The minimum absolute atomic E-state index is 0.00663. The number of piperidine rings is 1. The Bertz CT molecular complexity index is 1050. The van der Waals surface area contributed by atoms with E-state index < -0.39 is 0 Å². The highest BCUT2D eigenvalue weighted by Crippen LogP contribution is 2.42. The van der Waals surface area contributed by atoms with Crippen LogP contribution in [0.4, 0.5) is 0 Å². The van der Waals surface area contributed by atoms with E-state index in [1.54, 1.807) is 13.3 Å². The van der Waals surface area contributed by atoms with Crippen molar-refractivity contribution in [1.29, 1.82) is 0 Å². The minimum atomic E-state index is -0.192. The topological polar surface area (TPSA) is 62.7 Å². The number of nitrogens with zero attached hydrogens (tertiary/aromatic N) is 2. The molecule has 1 aromatic heterocycles. The van der Waals surface area contributed by atoms with Crippen LogP contribution in [0.2, 0.25) is 0 Å². The van der Waals surface area contributed by atoms with E-state index in [0.717, 1.165) is 29.5 Å². The van der Waals surface area contributed by atoms with Gasteiger partial charge in [0.15, 0.2) is 0 Å². The Labute approximate surface area is 196 Å². The van der Waals surface area contributed by atoms with Gasteiger partial charge >= 0.3 is 0 Å². The SMILES string of the molecule is COc1ccc(-c2ccc([C@H](C)N3CC[C@](CCCO)(c4ccccc4)CC3=O)cc2)cn1. The number of likely N-dealkylation sites (tertiary alicyclic amines) is 1. The molecule has 0 unspecified atom stereocenters. The molecule has 0 spiro atoms. The average molecular weight is 445 g/mol. The molecule has 1 fully saturated rings. The first-order chi connectivity index (χ1) is 16.1. The summed E-state index contributed by atoms with van der Waals surface area (Å²) in [5.74, 6) is 0.775. The number of hydrogen-bond donors (Lipinski definition) is 1. The second-order valence-electron chi connectivity index (χ2n) is 8.87. The monoisotopic (exact) mass is 444 g/mol. The van der Waals surface area contributed by atoms with Crippen LogP contribution in [-0.2, 0) is 10.2 Å². The lowest BCUT2D eigenvalue weighted by Crippen LogP contribution is -2.47. The molecule has 0 bridgehead atoms. The van der Waals surface area contributed by atoms with Gasteiger partial charge in [0.2, 0.25) is 11.8 Å². The zero-order chi connectivity index (χ0) is 23.3. The van der Waals surface area contributed by atoms with Gasteiger partial charge in [0.05, 0.1) is 13.2 Å². The first-order valence-corrected chi connectivity index (χ1v) is 11.6. The van der Waals surface area contributed by atoms with Crippen LogP contribution in [-0.4, -0.2) is 41.2 Å². The summed E-state index contributed by atoms with van der Waals surface area (Å²) in [6.07, 6.45) is 4.73. The van der Waals surface area contributed by atoms with Crippen LogP contribution in [0.1, 0.15) is 49.8 Å². The number of hydrogen-bond acceptors (Lipinski definition) is 4. The number of benzene rings is 2. The van der Waals surface area contributed by atoms with E-state index in [2.05, 4.69) is 48.3 Å². The summed E-state index contributed by atoms with van der Waals surface area (Å²) >= 11 is 0. The summed E-state index contributed by atoms with van der Waals surface area (Å²) in [7, 11) is 1.61. The molecule has 5 nitrogen and oxygen atoms in total. The Kier molecular flexibility index (Phi) is 7.09. The molecule has 1 N–H and O–H groups in total. The maximum atomic E-state index is 13.4. The number of amides is 1. The van der Waals surface area contributed by atoms with Gasteiger partial charge in [-0.3, -0.25) is 4.79 Å². The summed E-state index contributed by atoms with van der Waals surface area (Å²) < 4.78 is 5.14. The zero-order valence-electron chi connectivity index (χ0n) is 19.4. The van der Waals surface area contributed by atoms with Crippen molar-refractivity contribution in [3.05, 3.63) is 84.1 Å². The van der Waals surface area contributed by atoms with Crippen LogP contribution in [0, 0.1) is 0 Å². The molecule has 2 atom stereocenters. The van der Waals surface area contributed by atoms with Crippen LogP contribution in [0.15, 0.2) is 72.9 Å². The van der Waals surface area contributed by atoms with Gasteiger partial charge in [-0.2, -0.15) is 0 Å². The predicted molar refractivity (Wildman–Crippen MR) is 130 cm³/mol. The van der Waals surface area contributed by atoms with Crippen molar-refractivity contribution in [2.24, 2.45) is 0 Å². The summed E-state index contributed by atoms with van der Waals surface area (Å²) in [6.45, 7) is 2.97. The van der Waals surface area contributed by atoms with Crippen LogP contribution < -0.4 is 4.74 Å². The van der Waals surface area contributed by atoms with Gasteiger partial charge in [0, 0.05) is 42.8 Å². The number of aliphatic hydroxyl groups is 1. The van der Waals surface area contributed by atoms with Crippen LogP contribution in [0.25, 0.3) is 11.1 Å². The maximum Gasteiger partial charge on any atom is 0.223 e. The molecular weight excluding hydrogens is 412 g/mol. The molecule has 0 saturated carbocycles. The third-order valence-corrected chi connectivity index (χ3v) is 6.98. The Balaban J connectivity index is 1.49. The number of carbonyl (C=O) groups excluding carboxylic acids is 1. The Hall–Kier alpha value is -3.18. The third kappa shape index (κ3) is 4.93. The van der Waals surface area contributed by atoms with Crippen molar-refractivity contribution < 1.29 is 14.6 Å². The highest BCUT2D eigenvalue weighted by atomic mass is 16.5. The van der Waals surface area contributed by atoms with E-state index in [1.807, 2.05) is 35.2 Å².